The fourth-order valence-corrected chi connectivity index (χ4v) is 5.32. The van der Waals surface area contributed by atoms with Crippen LogP contribution in [0.2, 0.25) is 0 Å². The van der Waals surface area contributed by atoms with Gasteiger partial charge in [-0.2, -0.15) is 10.2 Å². The predicted octanol–water partition coefficient (Wildman–Crippen LogP) is 2.62. The highest BCUT2D eigenvalue weighted by Crippen LogP contribution is 2.29. The molecule has 212 valence electrons. The van der Waals surface area contributed by atoms with E-state index in [2.05, 4.69) is 48.3 Å². The minimum Gasteiger partial charge on any atom is -0.486 e. The largest absolute Gasteiger partial charge is 0.486 e. The van der Waals surface area contributed by atoms with Gasteiger partial charge in [0.1, 0.15) is 24.3 Å². The van der Waals surface area contributed by atoms with E-state index in [4.69, 9.17) is 9.47 Å². The molecule has 41 heavy (non-hydrogen) atoms. The number of benzene rings is 2. The minimum atomic E-state index is -1.33. The van der Waals surface area contributed by atoms with Crippen LogP contribution in [0.5, 0.6) is 5.75 Å². The normalized spacial score (nSPS) is 21.6. The second-order valence-corrected chi connectivity index (χ2v) is 10.4. The molecular weight excluding hydrogens is 527 g/mol. The zero-order valence-electron chi connectivity index (χ0n) is 22.5. The Kier molecular flexibility index (Phi) is 7.89. The number of carbonyl (C=O) groups excluding carboxylic acids is 1. The molecule has 3 fully saturated rings. The Hall–Kier alpha value is -4.34. The van der Waals surface area contributed by atoms with E-state index < -0.39 is 12.3 Å². The zero-order valence-corrected chi connectivity index (χ0v) is 22.5. The van der Waals surface area contributed by atoms with Crippen molar-refractivity contribution >= 4 is 23.7 Å². The van der Waals surface area contributed by atoms with E-state index in [0.717, 1.165) is 45.1 Å². The summed E-state index contributed by atoms with van der Waals surface area (Å²) in [5, 5.41) is 13.0. The van der Waals surface area contributed by atoms with Crippen LogP contribution in [0.4, 0.5) is 21.7 Å². The second kappa shape index (κ2) is 12.0. The molecule has 11 nitrogen and oxygen atoms in total. The van der Waals surface area contributed by atoms with Crippen LogP contribution in [-0.4, -0.2) is 102 Å². The van der Waals surface area contributed by atoms with Crippen LogP contribution in [0.1, 0.15) is 12.0 Å². The molecule has 2 unspecified atom stereocenters. The van der Waals surface area contributed by atoms with E-state index in [1.54, 1.807) is 18.2 Å². The maximum Gasteiger partial charge on any atom is 0.230 e. The lowest BCUT2D eigenvalue weighted by Crippen LogP contribution is -2.56. The summed E-state index contributed by atoms with van der Waals surface area (Å²) < 4.78 is 25.7. The van der Waals surface area contributed by atoms with Gasteiger partial charge in [0, 0.05) is 56.1 Å². The number of rotatable bonds is 8. The smallest absolute Gasteiger partial charge is 0.230 e. The van der Waals surface area contributed by atoms with E-state index in [-0.39, 0.29) is 17.9 Å². The number of nitrogens with one attached hydrogen (secondary N) is 1. The number of anilines is 3. The van der Waals surface area contributed by atoms with Gasteiger partial charge in [0.05, 0.1) is 31.4 Å². The van der Waals surface area contributed by atoms with E-state index in [1.165, 1.54) is 16.9 Å². The molecule has 1 amide bonds. The molecule has 0 aliphatic carbocycles. The predicted molar refractivity (Wildman–Crippen MR) is 150 cm³/mol. The van der Waals surface area contributed by atoms with Gasteiger partial charge in [0.2, 0.25) is 12.4 Å². The lowest BCUT2D eigenvalue weighted by atomic mass is 10.1. The number of hydrogen-bond donors (Lipinski definition) is 1. The molecule has 0 bridgehead atoms. The second-order valence-electron chi connectivity index (χ2n) is 10.4. The van der Waals surface area contributed by atoms with Gasteiger partial charge >= 0.3 is 0 Å². The Balaban J connectivity index is 1.09. The standard InChI is InChI=1S/C29H31FN8O3/c30-25-15-36(19-39)8-7-27(25)41-26-6-1-20(13-21(26)14-31)28-32-18-33-29(35-28)34-22-2-4-23(5-3-22)37-9-11-38(12-10-37)24-16-40-17-24/h1-6,13,18-19,24-25,27H,7-12,15-17H2,(H,32,33,34,35). The lowest BCUT2D eigenvalue weighted by Gasteiger charge is -2.43. The number of carbonyl (C=O) groups is 1. The number of aromatic nitrogens is 3. The number of alkyl halides is 1. The van der Waals surface area contributed by atoms with Gasteiger partial charge in [-0.15, -0.1) is 0 Å². The molecular formula is C29H31FN8O3. The van der Waals surface area contributed by atoms with Crippen molar-refractivity contribution < 1.29 is 18.7 Å². The maximum atomic E-state index is 14.5. The Labute approximate surface area is 237 Å². The SMILES string of the molecule is N#Cc1cc(-c2ncnc(Nc3ccc(N4CCN(C5COC5)CC4)cc3)n2)ccc1OC1CCN(C=O)CC1F. The average molecular weight is 559 g/mol. The molecule has 2 aromatic carbocycles. The third kappa shape index (κ3) is 6.06. The number of hydrogen-bond acceptors (Lipinski definition) is 10. The maximum absolute atomic E-state index is 14.5. The van der Waals surface area contributed by atoms with Crippen LogP contribution >= 0.6 is 0 Å². The number of halogens is 1. The summed E-state index contributed by atoms with van der Waals surface area (Å²) in [6, 6.07) is 15.9. The quantitative estimate of drug-likeness (QED) is 0.413. The molecule has 6 rings (SSSR count). The van der Waals surface area contributed by atoms with Crippen molar-refractivity contribution in [3.63, 3.8) is 0 Å². The summed E-state index contributed by atoms with van der Waals surface area (Å²) in [5.74, 6) is 1.05. The van der Waals surface area contributed by atoms with Gasteiger partial charge in [-0.25, -0.2) is 14.4 Å². The number of piperazine rings is 1. The van der Waals surface area contributed by atoms with Crippen LogP contribution < -0.4 is 15.0 Å². The van der Waals surface area contributed by atoms with E-state index in [1.807, 2.05) is 12.1 Å². The molecule has 3 aliphatic rings. The Morgan fingerprint density at radius 1 is 1.07 bits per heavy atom. The molecule has 4 heterocycles. The highest BCUT2D eigenvalue weighted by atomic mass is 19.1. The molecule has 12 heteroatoms. The molecule has 3 saturated heterocycles. The molecule has 1 N–H and O–H groups in total. The van der Waals surface area contributed by atoms with Crippen LogP contribution in [0, 0.1) is 11.3 Å². The molecule has 0 radical (unpaired) electrons. The molecule has 3 aromatic rings. The van der Waals surface area contributed by atoms with Crippen molar-refractivity contribution in [1.82, 2.24) is 24.8 Å². The van der Waals surface area contributed by atoms with E-state index >= 15 is 0 Å². The number of nitrogens with zero attached hydrogens (tertiary/aromatic N) is 7. The Morgan fingerprint density at radius 2 is 1.88 bits per heavy atom. The average Bonchev–Trinajstić information content (AvgIpc) is 2.98. The van der Waals surface area contributed by atoms with Crippen molar-refractivity contribution in [2.24, 2.45) is 0 Å². The summed E-state index contributed by atoms with van der Waals surface area (Å²) in [6.45, 7) is 6.14. The van der Waals surface area contributed by atoms with Crippen molar-refractivity contribution in [2.75, 3.05) is 62.7 Å². The third-order valence-electron chi connectivity index (χ3n) is 7.81. The van der Waals surface area contributed by atoms with Gasteiger partial charge in [0.25, 0.3) is 0 Å². The van der Waals surface area contributed by atoms with Crippen LogP contribution in [0.3, 0.4) is 0 Å². The van der Waals surface area contributed by atoms with E-state index in [9.17, 15) is 14.4 Å². The first kappa shape index (κ1) is 26.9. The van der Waals surface area contributed by atoms with Gasteiger partial charge in [-0.05, 0) is 42.5 Å². The fraction of sp³-hybridized carbons (Fsp3) is 0.414. The third-order valence-corrected chi connectivity index (χ3v) is 7.81. The molecule has 3 aliphatic heterocycles. The summed E-state index contributed by atoms with van der Waals surface area (Å²) >= 11 is 0. The first-order valence-corrected chi connectivity index (χ1v) is 13.8. The molecule has 0 saturated carbocycles. The van der Waals surface area contributed by atoms with Crippen molar-refractivity contribution in [3.05, 3.63) is 54.4 Å². The fourth-order valence-electron chi connectivity index (χ4n) is 5.32. The Morgan fingerprint density at radius 3 is 2.56 bits per heavy atom. The van der Waals surface area contributed by atoms with Gasteiger partial charge in [-0.1, -0.05) is 0 Å². The van der Waals surface area contributed by atoms with Gasteiger partial charge in [0.15, 0.2) is 12.0 Å². The lowest BCUT2D eigenvalue weighted by molar-refractivity contribution is -0.121. The Bertz CT molecular complexity index is 1410. The topological polar surface area (TPSA) is 120 Å². The molecule has 1 aromatic heterocycles. The monoisotopic (exact) mass is 558 g/mol. The number of nitriles is 1. The van der Waals surface area contributed by atoms with Crippen LogP contribution in [0.25, 0.3) is 11.4 Å². The summed E-state index contributed by atoms with van der Waals surface area (Å²) in [7, 11) is 0. The number of likely N-dealkylation sites (tertiary alicyclic amines) is 1. The number of piperidine rings is 1. The van der Waals surface area contributed by atoms with Crippen LogP contribution in [0.15, 0.2) is 48.8 Å². The zero-order chi connectivity index (χ0) is 28.2. The highest BCUT2D eigenvalue weighted by molar-refractivity contribution is 5.64. The van der Waals surface area contributed by atoms with Crippen molar-refractivity contribution in [3.8, 4) is 23.2 Å². The number of ether oxygens (including phenoxy) is 2. The van der Waals surface area contributed by atoms with Crippen molar-refractivity contribution in [2.45, 2.75) is 24.7 Å². The molecule has 2 atom stereocenters. The highest BCUT2D eigenvalue weighted by Gasteiger charge is 2.31. The van der Waals surface area contributed by atoms with E-state index in [0.29, 0.717) is 42.8 Å². The first-order valence-electron chi connectivity index (χ1n) is 13.8. The summed E-state index contributed by atoms with van der Waals surface area (Å²) in [6.07, 6.45) is 0.347. The number of amides is 1. The van der Waals surface area contributed by atoms with Gasteiger partial charge < -0.3 is 24.6 Å². The molecule has 0 spiro atoms. The minimum absolute atomic E-state index is 0.0228. The van der Waals surface area contributed by atoms with Gasteiger partial charge in [-0.3, -0.25) is 9.69 Å². The van der Waals surface area contributed by atoms with Crippen LogP contribution in [-0.2, 0) is 9.53 Å². The summed E-state index contributed by atoms with van der Waals surface area (Å²) in [4.78, 5) is 30.3. The first-order chi connectivity index (χ1) is 20.1. The summed E-state index contributed by atoms with van der Waals surface area (Å²) in [5.41, 5.74) is 2.88. The van der Waals surface area contributed by atoms with Crippen molar-refractivity contribution in [1.29, 1.82) is 5.26 Å².